The van der Waals surface area contributed by atoms with Crippen molar-refractivity contribution >= 4 is 17.3 Å². The third-order valence-electron chi connectivity index (χ3n) is 4.91. The van der Waals surface area contributed by atoms with E-state index in [9.17, 15) is 0 Å². The fourth-order valence-electron chi connectivity index (χ4n) is 3.12. The van der Waals surface area contributed by atoms with Crippen LogP contribution >= 0.6 is 0 Å². The summed E-state index contributed by atoms with van der Waals surface area (Å²) in [5.41, 5.74) is 5.03. The van der Waals surface area contributed by atoms with Gasteiger partial charge in [0.1, 0.15) is 12.1 Å². The minimum absolute atomic E-state index is 0.363. The molecule has 4 rings (SSSR count). The van der Waals surface area contributed by atoms with Crippen LogP contribution in [0.3, 0.4) is 0 Å². The largest absolute Gasteiger partial charge is 0.340 e. The number of benzene rings is 1. The summed E-state index contributed by atoms with van der Waals surface area (Å²) in [5.74, 6) is 1.60. The van der Waals surface area contributed by atoms with Gasteiger partial charge in [-0.1, -0.05) is 26.0 Å². The number of nitrogens with zero attached hydrogens (tertiary/aromatic N) is 4. The highest BCUT2D eigenvalue weighted by Gasteiger charge is 2.38. The standard InChI is InChI=1S/C18H21N5/c1-4-15-12(2)21-17-19-11-20-23(17)16(15)22-14-7-5-6-13(10-14)18(3)8-9-18/h5-7,10-11,22H,4,8-9H2,1-3H3. The minimum atomic E-state index is 0.363. The summed E-state index contributed by atoms with van der Waals surface area (Å²) in [4.78, 5) is 8.75. The number of hydrogen-bond donors (Lipinski definition) is 1. The van der Waals surface area contributed by atoms with Crippen LogP contribution in [0.5, 0.6) is 0 Å². The zero-order chi connectivity index (χ0) is 16.0. The smallest absolute Gasteiger partial charge is 0.254 e. The molecule has 0 spiro atoms. The van der Waals surface area contributed by atoms with E-state index < -0.39 is 0 Å². The van der Waals surface area contributed by atoms with Gasteiger partial charge in [-0.2, -0.15) is 14.6 Å². The van der Waals surface area contributed by atoms with Gasteiger partial charge < -0.3 is 5.32 Å². The highest BCUT2D eigenvalue weighted by molar-refractivity contribution is 5.64. The molecular formula is C18H21N5. The number of rotatable bonds is 4. The predicted molar refractivity (Wildman–Crippen MR) is 91.2 cm³/mol. The molecule has 0 aliphatic heterocycles. The fourth-order valence-corrected chi connectivity index (χ4v) is 3.12. The number of aryl methyl sites for hydroxylation is 1. The van der Waals surface area contributed by atoms with Gasteiger partial charge >= 0.3 is 0 Å². The Hall–Kier alpha value is -2.43. The highest BCUT2D eigenvalue weighted by Crippen LogP contribution is 2.48. The van der Waals surface area contributed by atoms with E-state index in [1.165, 1.54) is 24.0 Å². The lowest BCUT2D eigenvalue weighted by Gasteiger charge is -2.16. The molecule has 1 saturated carbocycles. The molecule has 0 unspecified atom stereocenters. The number of aromatic nitrogens is 4. The Bertz CT molecular complexity index is 876. The van der Waals surface area contributed by atoms with Gasteiger partial charge in [0.05, 0.1) is 0 Å². The predicted octanol–water partition coefficient (Wildman–Crippen LogP) is 3.79. The molecule has 23 heavy (non-hydrogen) atoms. The van der Waals surface area contributed by atoms with Crippen LogP contribution in [-0.2, 0) is 11.8 Å². The van der Waals surface area contributed by atoms with E-state index in [2.05, 4.69) is 58.5 Å². The van der Waals surface area contributed by atoms with Crippen molar-refractivity contribution in [3.05, 3.63) is 47.4 Å². The van der Waals surface area contributed by atoms with Crippen molar-refractivity contribution in [3.63, 3.8) is 0 Å². The van der Waals surface area contributed by atoms with Crippen LogP contribution in [0.25, 0.3) is 5.78 Å². The van der Waals surface area contributed by atoms with E-state index in [1.54, 1.807) is 10.8 Å². The summed E-state index contributed by atoms with van der Waals surface area (Å²) >= 11 is 0. The van der Waals surface area contributed by atoms with Gasteiger partial charge in [0, 0.05) is 16.9 Å². The molecule has 118 valence electrons. The van der Waals surface area contributed by atoms with Crippen LogP contribution in [0.15, 0.2) is 30.6 Å². The first-order chi connectivity index (χ1) is 11.1. The van der Waals surface area contributed by atoms with E-state index in [-0.39, 0.29) is 0 Å². The van der Waals surface area contributed by atoms with Crippen molar-refractivity contribution in [1.29, 1.82) is 0 Å². The monoisotopic (exact) mass is 307 g/mol. The molecule has 0 bridgehead atoms. The van der Waals surface area contributed by atoms with Gasteiger partial charge in [-0.3, -0.25) is 0 Å². The lowest BCUT2D eigenvalue weighted by molar-refractivity contribution is 0.788. The number of anilines is 2. The van der Waals surface area contributed by atoms with Gasteiger partial charge in [-0.25, -0.2) is 4.98 Å². The Balaban J connectivity index is 1.79. The van der Waals surface area contributed by atoms with Gasteiger partial charge in [0.25, 0.3) is 5.78 Å². The fraction of sp³-hybridized carbons (Fsp3) is 0.389. The van der Waals surface area contributed by atoms with Crippen molar-refractivity contribution in [3.8, 4) is 0 Å². The van der Waals surface area contributed by atoms with Gasteiger partial charge in [-0.05, 0) is 49.3 Å². The number of nitrogens with one attached hydrogen (secondary N) is 1. The summed E-state index contributed by atoms with van der Waals surface area (Å²) in [6.07, 6.45) is 5.00. The van der Waals surface area contributed by atoms with Crippen LogP contribution < -0.4 is 5.32 Å². The molecule has 5 nitrogen and oxygen atoms in total. The normalized spacial score (nSPS) is 15.8. The highest BCUT2D eigenvalue weighted by atomic mass is 15.4. The third kappa shape index (κ3) is 2.36. The average molecular weight is 307 g/mol. The molecule has 3 aromatic rings. The van der Waals surface area contributed by atoms with Crippen LogP contribution in [0.2, 0.25) is 0 Å². The molecule has 1 N–H and O–H groups in total. The topological polar surface area (TPSA) is 55.1 Å². The first-order valence-electron chi connectivity index (χ1n) is 8.17. The Morgan fingerprint density at radius 2 is 2.13 bits per heavy atom. The number of hydrogen-bond acceptors (Lipinski definition) is 4. The zero-order valence-electron chi connectivity index (χ0n) is 13.8. The second-order valence-electron chi connectivity index (χ2n) is 6.62. The lowest BCUT2D eigenvalue weighted by atomic mass is 9.98. The van der Waals surface area contributed by atoms with Gasteiger partial charge in [-0.15, -0.1) is 0 Å². The summed E-state index contributed by atoms with van der Waals surface area (Å²) in [6.45, 7) is 6.50. The quantitative estimate of drug-likeness (QED) is 0.796. The Morgan fingerprint density at radius 1 is 1.30 bits per heavy atom. The molecule has 0 radical (unpaired) electrons. The molecule has 1 aliphatic rings. The SMILES string of the molecule is CCc1c(C)nc2ncnn2c1Nc1cccc(C2(C)CC2)c1. The van der Waals surface area contributed by atoms with Crippen LogP contribution in [0.1, 0.15) is 43.5 Å². The second-order valence-corrected chi connectivity index (χ2v) is 6.62. The average Bonchev–Trinajstić information content (AvgIpc) is 3.12. The van der Waals surface area contributed by atoms with Crippen molar-refractivity contribution in [2.24, 2.45) is 0 Å². The number of fused-ring (bicyclic) bond motifs is 1. The molecule has 1 aliphatic carbocycles. The maximum Gasteiger partial charge on any atom is 0.254 e. The molecular weight excluding hydrogens is 286 g/mol. The minimum Gasteiger partial charge on any atom is -0.340 e. The van der Waals surface area contributed by atoms with Crippen molar-refractivity contribution in [2.75, 3.05) is 5.32 Å². The van der Waals surface area contributed by atoms with Crippen LogP contribution in [0, 0.1) is 6.92 Å². The first kappa shape index (κ1) is 14.2. The van der Waals surface area contributed by atoms with E-state index >= 15 is 0 Å². The molecule has 0 atom stereocenters. The van der Waals surface area contributed by atoms with Crippen LogP contribution in [0.4, 0.5) is 11.5 Å². The van der Waals surface area contributed by atoms with E-state index in [1.807, 2.05) is 6.92 Å². The maximum absolute atomic E-state index is 4.52. The Morgan fingerprint density at radius 3 is 2.87 bits per heavy atom. The van der Waals surface area contributed by atoms with Gasteiger partial charge in [0.15, 0.2) is 0 Å². The summed E-state index contributed by atoms with van der Waals surface area (Å²) in [5, 5.41) is 7.88. The Kier molecular flexibility index (Phi) is 3.11. The summed E-state index contributed by atoms with van der Waals surface area (Å²) in [6, 6.07) is 8.71. The van der Waals surface area contributed by atoms with Crippen LogP contribution in [-0.4, -0.2) is 19.6 Å². The van der Waals surface area contributed by atoms with Crippen molar-refractivity contribution in [1.82, 2.24) is 19.6 Å². The maximum atomic E-state index is 4.52. The molecule has 1 fully saturated rings. The van der Waals surface area contributed by atoms with E-state index in [0.29, 0.717) is 11.2 Å². The summed E-state index contributed by atoms with van der Waals surface area (Å²) in [7, 11) is 0. The molecule has 1 aromatic carbocycles. The second kappa shape index (κ2) is 5.05. The summed E-state index contributed by atoms with van der Waals surface area (Å²) < 4.78 is 1.79. The molecule has 0 amide bonds. The van der Waals surface area contributed by atoms with Gasteiger partial charge in [0.2, 0.25) is 0 Å². The van der Waals surface area contributed by atoms with Crippen molar-refractivity contribution in [2.45, 2.75) is 45.4 Å². The molecule has 2 heterocycles. The Labute approximate surface area is 135 Å². The first-order valence-corrected chi connectivity index (χ1v) is 8.17. The lowest BCUT2D eigenvalue weighted by Crippen LogP contribution is -2.09. The molecule has 5 heteroatoms. The third-order valence-corrected chi connectivity index (χ3v) is 4.91. The molecule has 0 saturated heterocycles. The van der Waals surface area contributed by atoms with Crippen molar-refractivity contribution < 1.29 is 0 Å². The van der Waals surface area contributed by atoms with E-state index in [4.69, 9.17) is 0 Å². The van der Waals surface area contributed by atoms with E-state index in [0.717, 1.165) is 23.6 Å². The zero-order valence-corrected chi connectivity index (χ0v) is 13.8. The molecule has 2 aromatic heterocycles.